The first kappa shape index (κ1) is 14.4. The van der Waals surface area contributed by atoms with E-state index in [1.807, 2.05) is 31.2 Å². The number of ether oxygens (including phenoxy) is 1. The van der Waals surface area contributed by atoms with Crippen molar-refractivity contribution < 1.29 is 9.84 Å². The Labute approximate surface area is 116 Å². The minimum Gasteiger partial charge on any atom is -0.491 e. The van der Waals surface area contributed by atoms with Crippen LogP contribution in [0.5, 0.6) is 5.75 Å². The van der Waals surface area contributed by atoms with Crippen molar-refractivity contribution in [3.8, 4) is 5.75 Å². The highest BCUT2D eigenvalue weighted by Crippen LogP contribution is 2.18. The van der Waals surface area contributed by atoms with E-state index in [0.29, 0.717) is 19.2 Å². The monoisotopic (exact) mass is 263 g/mol. The van der Waals surface area contributed by atoms with E-state index in [9.17, 15) is 5.11 Å². The zero-order valence-electron chi connectivity index (χ0n) is 11.8. The van der Waals surface area contributed by atoms with Gasteiger partial charge in [-0.2, -0.15) is 0 Å². The molecule has 0 heterocycles. The molecule has 0 saturated heterocycles. The molecule has 3 heteroatoms. The molecule has 2 rings (SSSR count). The van der Waals surface area contributed by atoms with Gasteiger partial charge >= 0.3 is 0 Å². The summed E-state index contributed by atoms with van der Waals surface area (Å²) in [5.74, 6) is 0.860. The molecule has 2 N–H and O–H groups in total. The lowest BCUT2D eigenvalue weighted by atomic mass is 9.95. The number of hydrogen-bond donors (Lipinski definition) is 2. The molecule has 0 unspecified atom stereocenters. The fourth-order valence-corrected chi connectivity index (χ4v) is 2.57. The molecule has 1 aliphatic rings. The summed E-state index contributed by atoms with van der Waals surface area (Å²) >= 11 is 0. The van der Waals surface area contributed by atoms with Crippen molar-refractivity contribution in [1.29, 1.82) is 0 Å². The van der Waals surface area contributed by atoms with Crippen LogP contribution in [0.15, 0.2) is 24.3 Å². The Hall–Kier alpha value is -1.06. The number of aliphatic hydroxyl groups is 1. The summed E-state index contributed by atoms with van der Waals surface area (Å²) in [6.45, 7) is 2.99. The van der Waals surface area contributed by atoms with E-state index in [2.05, 4.69) is 5.32 Å². The van der Waals surface area contributed by atoms with Gasteiger partial charge in [0.1, 0.15) is 18.5 Å². The third kappa shape index (κ3) is 4.84. The predicted molar refractivity (Wildman–Crippen MR) is 77.6 cm³/mol. The largest absolute Gasteiger partial charge is 0.491 e. The van der Waals surface area contributed by atoms with Crippen molar-refractivity contribution in [3.63, 3.8) is 0 Å². The topological polar surface area (TPSA) is 41.5 Å². The summed E-state index contributed by atoms with van der Waals surface area (Å²) in [5, 5.41) is 13.4. The van der Waals surface area contributed by atoms with Gasteiger partial charge in [-0.25, -0.2) is 0 Å². The molecule has 19 heavy (non-hydrogen) atoms. The lowest BCUT2D eigenvalue weighted by Gasteiger charge is -2.24. The minimum absolute atomic E-state index is 0.352. The van der Waals surface area contributed by atoms with E-state index in [4.69, 9.17) is 4.74 Å². The van der Waals surface area contributed by atoms with Crippen LogP contribution < -0.4 is 10.1 Å². The standard InChI is InChI=1S/C16H25NO2/c1-13-7-5-6-10-16(13)19-12-15(18)11-17-14-8-3-2-4-9-14/h5-7,10,14-15,17-18H,2-4,8-9,11-12H2,1H3/t15-/m0/s1. The fourth-order valence-electron chi connectivity index (χ4n) is 2.57. The van der Waals surface area contributed by atoms with Crippen molar-refractivity contribution in [2.75, 3.05) is 13.2 Å². The Kier molecular flexibility index (Phi) is 5.67. The molecule has 1 aliphatic carbocycles. The lowest BCUT2D eigenvalue weighted by Crippen LogP contribution is -2.39. The van der Waals surface area contributed by atoms with Gasteiger partial charge < -0.3 is 15.2 Å². The van der Waals surface area contributed by atoms with Gasteiger partial charge in [-0.15, -0.1) is 0 Å². The Morgan fingerprint density at radius 2 is 2.00 bits per heavy atom. The van der Waals surface area contributed by atoms with Crippen molar-refractivity contribution in [2.24, 2.45) is 0 Å². The van der Waals surface area contributed by atoms with Crippen molar-refractivity contribution >= 4 is 0 Å². The molecule has 1 aromatic rings. The first-order valence-corrected chi connectivity index (χ1v) is 7.35. The first-order valence-electron chi connectivity index (χ1n) is 7.35. The Balaban J connectivity index is 1.66. The fraction of sp³-hybridized carbons (Fsp3) is 0.625. The second-order valence-electron chi connectivity index (χ2n) is 5.47. The molecule has 3 nitrogen and oxygen atoms in total. The van der Waals surface area contributed by atoms with Crippen LogP contribution in [0.25, 0.3) is 0 Å². The number of rotatable bonds is 6. The van der Waals surface area contributed by atoms with Crippen LogP contribution in [0.4, 0.5) is 0 Å². The third-order valence-corrected chi connectivity index (χ3v) is 3.77. The smallest absolute Gasteiger partial charge is 0.122 e. The zero-order chi connectivity index (χ0) is 13.5. The van der Waals surface area contributed by atoms with Crippen molar-refractivity contribution in [1.82, 2.24) is 5.32 Å². The molecule has 0 aromatic heterocycles. The second-order valence-corrected chi connectivity index (χ2v) is 5.47. The summed E-state index contributed by atoms with van der Waals surface area (Å²) < 4.78 is 5.65. The lowest BCUT2D eigenvalue weighted by molar-refractivity contribution is 0.101. The minimum atomic E-state index is -0.443. The van der Waals surface area contributed by atoms with Crippen LogP contribution in [-0.4, -0.2) is 30.4 Å². The second kappa shape index (κ2) is 7.51. The number of aliphatic hydroxyl groups excluding tert-OH is 1. The van der Waals surface area contributed by atoms with Gasteiger partial charge in [0.25, 0.3) is 0 Å². The van der Waals surface area contributed by atoms with E-state index in [1.165, 1.54) is 32.1 Å². The van der Waals surface area contributed by atoms with Crippen LogP contribution in [0.1, 0.15) is 37.7 Å². The average Bonchev–Trinajstić information content (AvgIpc) is 2.45. The zero-order valence-corrected chi connectivity index (χ0v) is 11.8. The summed E-state index contributed by atoms with van der Waals surface area (Å²) in [7, 11) is 0. The third-order valence-electron chi connectivity index (χ3n) is 3.77. The van der Waals surface area contributed by atoms with Crippen LogP contribution in [0.2, 0.25) is 0 Å². The van der Waals surface area contributed by atoms with E-state index in [-0.39, 0.29) is 0 Å². The number of para-hydroxylation sites is 1. The van der Waals surface area contributed by atoms with Crippen LogP contribution in [0.3, 0.4) is 0 Å². The maximum Gasteiger partial charge on any atom is 0.122 e. The van der Waals surface area contributed by atoms with Crippen molar-refractivity contribution in [2.45, 2.75) is 51.2 Å². The van der Waals surface area contributed by atoms with E-state index in [1.54, 1.807) is 0 Å². The molecule has 0 amide bonds. The molecule has 1 saturated carbocycles. The molecule has 0 spiro atoms. The van der Waals surface area contributed by atoms with Crippen LogP contribution in [0, 0.1) is 6.92 Å². The molecular weight excluding hydrogens is 238 g/mol. The highest BCUT2D eigenvalue weighted by Gasteiger charge is 2.14. The molecular formula is C16H25NO2. The number of benzene rings is 1. The van der Waals surface area contributed by atoms with Gasteiger partial charge in [0, 0.05) is 12.6 Å². The highest BCUT2D eigenvalue weighted by molar-refractivity contribution is 5.31. The molecule has 106 valence electrons. The van der Waals surface area contributed by atoms with Crippen LogP contribution in [-0.2, 0) is 0 Å². The Morgan fingerprint density at radius 1 is 1.26 bits per heavy atom. The molecule has 1 fully saturated rings. The Morgan fingerprint density at radius 3 is 2.74 bits per heavy atom. The molecule has 0 aliphatic heterocycles. The summed E-state index contributed by atoms with van der Waals surface area (Å²) in [5.41, 5.74) is 1.11. The highest BCUT2D eigenvalue weighted by atomic mass is 16.5. The molecule has 0 radical (unpaired) electrons. The van der Waals surface area contributed by atoms with Crippen LogP contribution >= 0.6 is 0 Å². The first-order chi connectivity index (χ1) is 9.25. The van der Waals surface area contributed by atoms with Gasteiger partial charge in [-0.3, -0.25) is 0 Å². The van der Waals surface area contributed by atoms with Gasteiger partial charge in [0.2, 0.25) is 0 Å². The number of hydrogen-bond acceptors (Lipinski definition) is 3. The van der Waals surface area contributed by atoms with Gasteiger partial charge in [-0.05, 0) is 31.4 Å². The predicted octanol–water partition coefficient (Wildman–Crippen LogP) is 2.66. The summed E-state index contributed by atoms with van der Waals surface area (Å²) in [6, 6.07) is 8.48. The number of nitrogens with one attached hydrogen (secondary N) is 1. The maximum absolute atomic E-state index is 9.94. The molecule has 1 aromatic carbocycles. The number of aryl methyl sites for hydroxylation is 1. The maximum atomic E-state index is 9.94. The van der Waals surface area contributed by atoms with Gasteiger partial charge in [-0.1, -0.05) is 37.5 Å². The van der Waals surface area contributed by atoms with E-state index >= 15 is 0 Å². The summed E-state index contributed by atoms with van der Waals surface area (Å²) in [4.78, 5) is 0. The normalized spacial score (nSPS) is 18.2. The van der Waals surface area contributed by atoms with Gasteiger partial charge in [0.05, 0.1) is 0 Å². The van der Waals surface area contributed by atoms with Gasteiger partial charge in [0.15, 0.2) is 0 Å². The van der Waals surface area contributed by atoms with E-state index < -0.39 is 6.10 Å². The van der Waals surface area contributed by atoms with E-state index in [0.717, 1.165) is 11.3 Å². The Bertz CT molecular complexity index is 375. The molecule has 0 bridgehead atoms. The SMILES string of the molecule is Cc1ccccc1OC[C@@H](O)CNC1CCCCC1. The molecule has 1 atom stereocenters. The average molecular weight is 263 g/mol. The summed E-state index contributed by atoms with van der Waals surface area (Å²) in [6.07, 6.45) is 6.02. The van der Waals surface area contributed by atoms with Crippen molar-refractivity contribution in [3.05, 3.63) is 29.8 Å². The quantitative estimate of drug-likeness (QED) is 0.829.